The van der Waals surface area contributed by atoms with E-state index in [4.69, 9.17) is 23.7 Å². The van der Waals surface area contributed by atoms with Crippen molar-refractivity contribution in [2.24, 2.45) is 29.6 Å². The molecule has 0 aromatic carbocycles. The van der Waals surface area contributed by atoms with Gasteiger partial charge in [-0.3, -0.25) is 19.2 Å². The second-order valence-electron chi connectivity index (χ2n) is 16.0. The van der Waals surface area contributed by atoms with E-state index in [2.05, 4.69) is 6.58 Å². The lowest BCUT2D eigenvalue weighted by atomic mass is 9.81. The monoisotopic (exact) mass is 763 g/mol. The highest BCUT2D eigenvalue weighted by Crippen LogP contribution is 2.38. The van der Waals surface area contributed by atoms with Crippen molar-refractivity contribution in [3.05, 3.63) is 36.0 Å². The largest absolute Gasteiger partial charge is 0.456 e. The topological polar surface area (TPSA) is 178 Å². The molecule has 3 aliphatic rings. The van der Waals surface area contributed by atoms with Gasteiger partial charge in [-0.15, -0.1) is 6.58 Å². The molecule has 3 rings (SSSR count). The van der Waals surface area contributed by atoms with Gasteiger partial charge in [0.25, 0.3) is 11.7 Å². The van der Waals surface area contributed by atoms with Crippen LogP contribution in [0.25, 0.3) is 0 Å². The highest BCUT2D eigenvalue weighted by molar-refractivity contribution is 6.39. The fourth-order valence-corrected chi connectivity index (χ4v) is 8.29. The number of amides is 1. The quantitative estimate of drug-likeness (QED) is 0.195. The number of nitrogens with zero attached hydrogens (tertiary/aromatic N) is 1. The summed E-state index contributed by atoms with van der Waals surface area (Å²) in [5, 5.41) is 33.6. The normalized spacial score (nSPS) is 40.0. The van der Waals surface area contributed by atoms with Crippen molar-refractivity contribution >= 4 is 23.4 Å². The number of aliphatic hydroxyl groups is 3. The molecule has 1 saturated carbocycles. The number of allylic oxidation sites excluding steroid dienone is 4. The number of methoxy groups -OCH3 is 3. The number of carbonyl (C=O) groups is 4. The Morgan fingerprint density at radius 2 is 1.59 bits per heavy atom. The van der Waals surface area contributed by atoms with E-state index in [9.17, 15) is 34.5 Å². The first kappa shape index (κ1) is 45.6. The van der Waals surface area contributed by atoms with Crippen LogP contribution in [0.3, 0.4) is 0 Å². The third-order valence-electron chi connectivity index (χ3n) is 11.6. The average molecular weight is 764 g/mol. The molecule has 3 N–H and O–H groups in total. The van der Waals surface area contributed by atoms with Gasteiger partial charge in [0.2, 0.25) is 5.79 Å². The maximum absolute atomic E-state index is 13.8. The first-order chi connectivity index (χ1) is 25.4. The van der Waals surface area contributed by atoms with Crippen molar-refractivity contribution in [2.45, 2.75) is 135 Å². The summed E-state index contributed by atoms with van der Waals surface area (Å²) in [4.78, 5) is 55.5. The molecule has 1 aliphatic carbocycles. The summed E-state index contributed by atoms with van der Waals surface area (Å²) in [6, 6.07) is 0. The number of hydrogen-bond donors (Lipinski definition) is 3. The SMILES string of the molecule is C=CC[C@@H]1/C=C(\C)C[C@@H](C)C[C@H](OC)[C@H]2O[C@@](O)(C(=O)C(=O)N(C)CC(=O)O[C@H](/C(C)=C/[C@@H]3CC[C@@H](O)[C@H](OC)C3)[C@H](C)[C@@H](O)CC1=O)[C@H](C)C[C@@H]2OC. The molecule has 306 valence electrons. The van der Waals surface area contributed by atoms with Crippen LogP contribution in [0, 0.1) is 29.6 Å². The van der Waals surface area contributed by atoms with Gasteiger partial charge in [-0.2, -0.15) is 0 Å². The van der Waals surface area contributed by atoms with Gasteiger partial charge >= 0.3 is 5.97 Å². The fraction of sp³-hybridized carbons (Fsp3) is 0.756. The third kappa shape index (κ3) is 11.4. The third-order valence-corrected chi connectivity index (χ3v) is 11.6. The lowest BCUT2D eigenvalue weighted by Gasteiger charge is -2.46. The summed E-state index contributed by atoms with van der Waals surface area (Å²) in [5.41, 5.74) is 1.57. The van der Waals surface area contributed by atoms with Gasteiger partial charge in [0.05, 0.1) is 30.5 Å². The highest BCUT2D eigenvalue weighted by atomic mass is 16.7. The predicted octanol–water partition coefficient (Wildman–Crippen LogP) is 3.72. The van der Waals surface area contributed by atoms with Crippen LogP contribution in [0.15, 0.2) is 36.0 Å². The van der Waals surface area contributed by atoms with E-state index in [0.29, 0.717) is 44.1 Å². The van der Waals surface area contributed by atoms with Gasteiger partial charge in [0.1, 0.15) is 24.5 Å². The molecule has 1 amide bonds. The first-order valence-electron chi connectivity index (χ1n) is 19.2. The minimum Gasteiger partial charge on any atom is -0.456 e. The van der Waals surface area contributed by atoms with Crippen molar-refractivity contribution in [3.63, 3.8) is 0 Å². The lowest BCUT2D eigenvalue weighted by Crippen LogP contribution is -2.63. The molecule has 0 spiro atoms. The van der Waals surface area contributed by atoms with Gasteiger partial charge in [-0.05, 0) is 76.2 Å². The molecule has 1 saturated heterocycles. The Hall–Kier alpha value is -2.78. The van der Waals surface area contributed by atoms with Crippen LogP contribution in [0.5, 0.6) is 0 Å². The zero-order valence-corrected chi connectivity index (χ0v) is 33.7. The Morgan fingerprint density at radius 1 is 0.963 bits per heavy atom. The summed E-state index contributed by atoms with van der Waals surface area (Å²) in [6.07, 6.45) is 3.42. The number of Topliss-reactive ketones (excluding diaryl/α,β-unsaturated/α-hetero) is 2. The molecule has 54 heavy (non-hydrogen) atoms. The smallest absolute Gasteiger partial charge is 0.326 e. The number of cyclic esters (lactones) is 1. The molecule has 2 bridgehead atoms. The summed E-state index contributed by atoms with van der Waals surface area (Å²) in [5.74, 6) is -8.07. The number of esters is 1. The van der Waals surface area contributed by atoms with E-state index >= 15 is 0 Å². The Bertz CT molecular complexity index is 1380. The number of rotatable bonds is 7. The zero-order chi connectivity index (χ0) is 40.5. The van der Waals surface area contributed by atoms with Crippen molar-refractivity contribution < 1.29 is 58.2 Å². The number of aliphatic hydroxyl groups excluding tert-OH is 2. The molecule has 0 aromatic heterocycles. The van der Waals surface area contributed by atoms with E-state index in [0.717, 1.165) is 10.5 Å². The molecule has 13 heteroatoms. The Kier molecular flexibility index (Phi) is 17.2. The van der Waals surface area contributed by atoms with E-state index < -0.39 is 84.4 Å². The standard InChI is InChI=1S/C41H65NO12/c1-11-12-29-16-23(2)15-24(3)17-34(51-9)38-35(52-10)19-26(5)41(49,54-38)39(47)40(48)42(7)22-36(46)53-37(27(6)31(44)21-32(29)45)25(4)18-28-13-14-30(43)33(20-28)50-8/h11,16,18,24,26-31,33-35,37-38,43-44,49H,1,12-15,17,19-22H2,2-10H3/b23-16+,25-18+/t24-,26-,27-,28+,29-,30-,31+,33-,34+,35+,37-,38-,41-/m1/s1. The zero-order valence-electron chi connectivity index (χ0n) is 33.7. The molecule has 2 heterocycles. The van der Waals surface area contributed by atoms with Crippen molar-refractivity contribution in [3.8, 4) is 0 Å². The van der Waals surface area contributed by atoms with Gasteiger partial charge < -0.3 is 43.9 Å². The minimum absolute atomic E-state index is 0.00713. The molecular formula is C41H65NO12. The van der Waals surface area contributed by atoms with Crippen LogP contribution in [0.1, 0.15) is 86.0 Å². The van der Waals surface area contributed by atoms with Crippen LogP contribution in [0.2, 0.25) is 0 Å². The predicted molar refractivity (Wildman–Crippen MR) is 201 cm³/mol. The van der Waals surface area contributed by atoms with Crippen LogP contribution in [0.4, 0.5) is 0 Å². The minimum atomic E-state index is -2.52. The van der Waals surface area contributed by atoms with Crippen LogP contribution < -0.4 is 0 Å². The number of likely N-dealkylation sites (N-methyl/N-ethyl adjacent to an activating group) is 1. The molecule has 13 nitrogen and oxygen atoms in total. The lowest BCUT2D eigenvalue weighted by molar-refractivity contribution is -0.302. The summed E-state index contributed by atoms with van der Waals surface area (Å²) in [7, 11) is 5.82. The number of ether oxygens (including phenoxy) is 5. The average Bonchev–Trinajstić information content (AvgIpc) is 3.12. The van der Waals surface area contributed by atoms with Crippen LogP contribution in [-0.4, -0.2) is 127 Å². The molecule has 2 fully saturated rings. The number of carbonyl (C=O) groups excluding carboxylic acids is 4. The van der Waals surface area contributed by atoms with E-state index in [1.807, 2.05) is 26.0 Å². The van der Waals surface area contributed by atoms with E-state index in [1.165, 1.54) is 21.3 Å². The molecule has 0 unspecified atom stereocenters. The van der Waals surface area contributed by atoms with Gasteiger partial charge in [-0.1, -0.05) is 44.6 Å². The molecule has 2 aliphatic heterocycles. The molecular weight excluding hydrogens is 698 g/mol. The van der Waals surface area contributed by atoms with E-state index in [-0.39, 0.29) is 36.6 Å². The second-order valence-corrected chi connectivity index (χ2v) is 16.0. The fourth-order valence-electron chi connectivity index (χ4n) is 8.29. The molecule has 13 atom stereocenters. The van der Waals surface area contributed by atoms with E-state index in [1.54, 1.807) is 34.0 Å². The van der Waals surface area contributed by atoms with Crippen molar-refractivity contribution in [2.75, 3.05) is 34.9 Å². The Balaban J connectivity index is 2.05. The summed E-state index contributed by atoms with van der Waals surface area (Å²) in [6.45, 7) is 12.2. The molecule has 0 aromatic rings. The maximum Gasteiger partial charge on any atom is 0.326 e. The Morgan fingerprint density at radius 3 is 2.20 bits per heavy atom. The van der Waals surface area contributed by atoms with Gasteiger partial charge in [0.15, 0.2) is 0 Å². The number of hydrogen-bond acceptors (Lipinski definition) is 12. The van der Waals surface area contributed by atoms with Crippen molar-refractivity contribution in [1.82, 2.24) is 4.90 Å². The van der Waals surface area contributed by atoms with Gasteiger partial charge in [0, 0.05) is 52.6 Å². The highest BCUT2D eigenvalue weighted by Gasteiger charge is 2.55. The van der Waals surface area contributed by atoms with Crippen molar-refractivity contribution in [1.29, 1.82) is 0 Å². The maximum atomic E-state index is 13.8. The number of fused-ring (bicyclic) bond motifs is 2. The molecule has 0 radical (unpaired) electrons. The summed E-state index contributed by atoms with van der Waals surface area (Å²) < 4.78 is 29.1. The first-order valence-corrected chi connectivity index (χ1v) is 19.2. The summed E-state index contributed by atoms with van der Waals surface area (Å²) >= 11 is 0. The van der Waals surface area contributed by atoms with Crippen LogP contribution in [-0.2, 0) is 42.9 Å². The van der Waals surface area contributed by atoms with Crippen LogP contribution >= 0.6 is 0 Å². The Labute approximate surface area is 321 Å². The second kappa shape index (κ2) is 20.4. The number of ketones is 2. The van der Waals surface area contributed by atoms with Gasteiger partial charge in [-0.25, -0.2) is 0 Å².